The fourth-order valence-corrected chi connectivity index (χ4v) is 3.96. The molecule has 0 atom stereocenters. The maximum Gasteiger partial charge on any atom is 0.0233 e. The summed E-state index contributed by atoms with van der Waals surface area (Å²) >= 11 is 3.78. The zero-order valence-corrected chi connectivity index (χ0v) is 15.2. The molecule has 0 saturated heterocycles. The second-order valence-electron chi connectivity index (χ2n) is 6.23. The molecule has 1 rings (SSSR count). The van der Waals surface area contributed by atoms with Crippen molar-refractivity contribution in [2.24, 2.45) is 5.41 Å². The van der Waals surface area contributed by atoms with Crippen LogP contribution >= 0.6 is 15.9 Å². The summed E-state index contributed by atoms with van der Waals surface area (Å²) in [5.74, 6) is 0. The Morgan fingerprint density at radius 3 is 2.20 bits per heavy atom. The van der Waals surface area contributed by atoms with E-state index in [1.165, 1.54) is 43.4 Å². The number of halogens is 1. The van der Waals surface area contributed by atoms with E-state index in [-0.39, 0.29) is 0 Å². The summed E-state index contributed by atoms with van der Waals surface area (Å²) in [7, 11) is 2.26. The van der Waals surface area contributed by atoms with E-state index in [4.69, 9.17) is 0 Å². The Kier molecular flexibility index (Phi) is 7.83. The number of aryl methyl sites for hydroxylation is 1. The molecule has 0 radical (unpaired) electrons. The fraction of sp³-hybridized carbons (Fsp3) is 0.667. The van der Waals surface area contributed by atoms with Crippen molar-refractivity contribution in [1.29, 1.82) is 0 Å². The Morgan fingerprint density at radius 1 is 1.10 bits per heavy atom. The van der Waals surface area contributed by atoms with Gasteiger partial charge in [0.2, 0.25) is 0 Å². The Bertz CT molecular complexity index is 383. The van der Waals surface area contributed by atoms with Crippen molar-refractivity contribution in [1.82, 2.24) is 4.90 Å². The van der Waals surface area contributed by atoms with Crippen LogP contribution < -0.4 is 0 Å². The molecule has 0 heterocycles. The van der Waals surface area contributed by atoms with Gasteiger partial charge in [0.1, 0.15) is 0 Å². The number of hydrogen-bond acceptors (Lipinski definition) is 1. The molecule has 0 aliphatic heterocycles. The van der Waals surface area contributed by atoms with Gasteiger partial charge in [-0.3, -0.25) is 0 Å². The predicted molar refractivity (Wildman–Crippen MR) is 93.6 cm³/mol. The largest absolute Gasteiger partial charge is 0.302 e. The molecule has 0 N–H and O–H groups in total. The zero-order valence-electron chi connectivity index (χ0n) is 13.6. The Morgan fingerprint density at radius 2 is 1.70 bits per heavy atom. The summed E-state index contributed by atoms with van der Waals surface area (Å²) in [6.45, 7) is 9.03. The smallest absolute Gasteiger partial charge is 0.0233 e. The van der Waals surface area contributed by atoms with Crippen molar-refractivity contribution in [3.05, 3.63) is 35.4 Å². The number of nitrogens with zero attached hydrogens (tertiary/aromatic N) is 1. The number of benzene rings is 1. The molecule has 0 unspecified atom stereocenters. The molecule has 1 nitrogen and oxygen atoms in total. The summed E-state index contributed by atoms with van der Waals surface area (Å²) in [4.78, 5) is 2.49. The van der Waals surface area contributed by atoms with Crippen molar-refractivity contribution in [3.63, 3.8) is 0 Å². The van der Waals surface area contributed by atoms with E-state index in [9.17, 15) is 0 Å². The maximum atomic E-state index is 3.78. The highest BCUT2D eigenvalue weighted by Crippen LogP contribution is 2.33. The van der Waals surface area contributed by atoms with E-state index in [1.807, 2.05) is 0 Å². The van der Waals surface area contributed by atoms with Crippen LogP contribution in [0.5, 0.6) is 0 Å². The third-order valence-corrected chi connectivity index (χ3v) is 5.34. The molecule has 0 aliphatic carbocycles. The van der Waals surface area contributed by atoms with Gasteiger partial charge in [0.05, 0.1) is 0 Å². The first-order valence-corrected chi connectivity index (χ1v) is 8.98. The second-order valence-corrected chi connectivity index (χ2v) is 6.79. The Hall–Kier alpha value is -0.340. The topological polar surface area (TPSA) is 3.24 Å². The summed E-state index contributed by atoms with van der Waals surface area (Å²) in [5.41, 5.74) is 3.28. The highest BCUT2D eigenvalue weighted by atomic mass is 79.9. The van der Waals surface area contributed by atoms with Crippen LogP contribution in [0.1, 0.15) is 50.7 Å². The van der Waals surface area contributed by atoms with Crippen LogP contribution in [-0.4, -0.2) is 23.8 Å². The molecule has 0 aromatic heterocycles. The van der Waals surface area contributed by atoms with Gasteiger partial charge in [0, 0.05) is 18.4 Å². The highest BCUT2D eigenvalue weighted by molar-refractivity contribution is 9.09. The van der Waals surface area contributed by atoms with E-state index in [0.717, 1.165) is 11.9 Å². The summed E-state index contributed by atoms with van der Waals surface area (Å²) in [6.07, 6.45) is 5.15. The van der Waals surface area contributed by atoms with E-state index in [0.29, 0.717) is 5.41 Å². The van der Waals surface area contributed by atoms with Crippen LogP contribution in [0.4, 0.5) is 0 Å². The van der Waals surface area contributed by atoms with Gasteiger partial charge in [-0.2, -0.15) is 0 Å². The van der Waals surface area contributed by atoms with Crippen molar-refractivity contribution in [2.45, 2.75) is 53.0 Å². The fourth-order valence-electron chi connectivity index (χ4n) is 3.23. The molecule has 1 aromatic rings. The van der Waals surface area contributed by atoms with Gasteiger partial charge < -0.3 is 4.90 Å². The standard InChI is InChI=1S/C18H30BrN/c1-5-11-18(14-19,12-6-2)15-20(4)13-17-10-8-7-9-16(17)3/h7-10H,5-6,11-15H2,1-4H3. The SMILES string of the molecule is CCCC(CBr)(CCC)CN(C)Cc1ccccc1C. The van der Waals surface area contributed by atoms with Crippen LogP contribution in [0.3, 0.4) is 0 Å². The summed E-state index contributed by atoms with van der Waals surface area (Å²) in [5, 5.41) is 1.11. The van der Waals surface area contributed by atoms with Crippen molar-refractivity contribution >= 4 is 15.9 Å². The van der Waals surface area contributed by atoms with E-state index in [2.05, 4.69) is 72.9 Å². The minimum atomic E-state index is 0.431. The molecule has 0 saturated carbocycles. The van der Waals surface area contributed by atoms with Gasteiger partial charge >= 0.3 is 0 Å². The maximum absolute atomic E-state index is 3.78. The molecular formula is C18H30BrN. The molecule has 0 amide bonds. The third-order valence-electron chi connectivity index (χ3n) is 4.15. The third kappa shape index (κ3) is 5.21. The molecule has 1 aromatic carbocycles. The minimum Gasteiger partial charge on any atom is -0.302 e. The van der Waals surface area contributed by atoms with Crippen LogP contribution in [0, 0.1) is 12.3 Å². The average molecular weight is 340 g/mol. The first-order chi connectivity index (χ1) is 9.56. The summed E-state index contributed by atoms with van der Waals surface area (Å²) in [6, 6.07) is 8.72. The lowest BCUT2D eigenvalue weighted by atomic mass is 9.80. The summed E-state index contributed by atoms with van der Waals surface area (Å²) < 4.78 is 0. The van der Waals surface area contributed by atoms with Gasteiger partial charge in [-0.25, -0.2) is 0 Å². The number of hydrogen-bond donors (Lipinski definition) is 0. The van der Waals surface area contributed by atoms with E-state index < -0.39 is 0 Å². The van der Waals surface area contributed by atoms with Crippen LogP contribution in [-0.2, 0) is 6.54 Å². The lowest BCUT2D eigenvalue weighted by molar-refractivity contribution is 0.166. The van der Waals surface area contributed by atoms with Gasteiger partial charge in [0.15, 0.2) is 0 Å². The monoisotopic (exact) mass is 339 g/mol. The van der Waals surface area contributed by atoms with Crippen molar-refractivity contribution in [2.75, 3.05) is 18.9 Å². The molecule has 20 heavy (non-hydrogen) atoms. The normalized spacial score (nSPS) is 12.1. The van der Waals surface area contributed by atoms with Crippen LogP contribution in [0.15, 0.2) is 24.3 Å². The molecule has 0 spiro atoms. The predicted octanol–water partition coefficient (Wildman–Crippen LogP) is 5.41. The average Bonchev–Trinajstić information content (AvgIpc) is 2.42. The Labute approximate surface area is 133 Å². The van der Waals surface area contributed by atoms with Crippen LogP contribution in [0.2, 0.25) is 0 Å². The highest BCUT2D eigenvalue weighted by Gasteiger charge is 2.28. The lowest BCUT2D eigenvalue weighted by Gasteiger charge is -2.36. The van der Waals surface area contributed by atoms with Gasteiger partial charge in [-0.15, -0.1) is 0 Å². The van der Waals surface area contributed by atoms with Gasteiger partial charge in [-0.1, -0.05) is 66.9 Å². The van der Waals surface area contributed by atoms with E-state index >= 15 is 0 Å². The Balaban J connectivity index is 2.70. The number of rotatable bonds is 9. The lowest BCUT2D eigenvalue weighted by Crippen LogP contribution is -2.37. The quantitative estimate of drug-likeness (QED) is 0.544. The minimum absolute atomic E-state index is 0.431. The van der Waals surface area contributed by atoms with Crippen LogP contribution in [0.25, 0.3) is 0 Å². The molecule has 114 valence electrons. The van der Waals surface area contributed by atoms with Gasteiger partial charge in [-0.05, 0) is 43.4 Å². The molecule has 2 heteroatoms. The zero-order chi connectivity index (χ0) is 15.0. The van der Waals surface area contributed by atoms with Crippen molar-refractivity contribution < 1.29 is 0 Å². The van der Waals surface area contributed by atoms with Gasteiger partial charge in [0.25, 0.3) is 0 Å². The molecule has 0 fully saturated rings. The molecule has 0 bridgehead atoms. The first-order valence-electron chi connectivity index (χ1n) is 7.86. The molecular weight excluding hydrogens is 310 g/mol. The van der Waals surface area contributed by atoms with E-state index in [1.54, 1.807) is 0 Å². The first kappa shape index (κ1) is 17.7. The second kappa shape index (κ2) is 8.84. The number of alkyl halides is 1. The van der Waals surface area contributed by atoms with Crippen molar-refractivity contribution in [3.8, 4) is 0 Å². The molecule has 0 aliphatic rings.